The van der Waals surface area contributed by atoms with E-state index in [4.69, 9.17) is 19.7 Å². The van der Waals surface area contributed by atoms with Crippen LogP contribution in [0.1, 0.15) is 19.4 Å². The molecule has 1 aliphatic rings. The third-order valence-corrected chi connectivity index (χ3v) is 8.37. The van der Waals surface area contributed by atoms with Gasteiger partial charge in [-0.3, -0.25) is 0 Å². The average molecular weight is 568 g/mol. The van der Waals surface area contributed by atoms with Crippen LogP contribution < -0.4 is 4.74 Å². The first-order chi connectivity index (χ1) is 21.5. The smallest absolute Gasteiger partial charge is 0.164 e. The lowest BCUT2D eigenvalue weighted by Gasteiger charge is -2.35. The highest BCUT2D eigenvalue weighted by atomic mass is 16.5. The van der Waals surface area contributed by atoms with E-state index in [1.165, 1.54) is 21.9 Å². The fourth-order valence-electron chi connectivity index (χ4n) is 6.13. The van der Waals surface area contributed by atoms with E-state index in [0.29, 0.717) is 17.5 Å². The van der Waals surface area contributed by atoms with Crippen LogP contribution in [0.15, 0.2) is 140 Å². The van der Waals surface area contributed by atoms with Crippen LogP contribution in [0.5, 0.6) is 5.75 Å². The maximum atomic E-state index is 6.42. The van der Waals surface area contributed by atoms with Crippen molar-refractivity contribution in [3.63, 3.8) is 0 Å². The van der Waals surface area contributed by atoms with Gasteiger partial charge in [-0.1, -0.05) is 127 Å². The number of fused-ring (bicyclic) bond motifs is 5. The predicted molar refractivity (Wildman–Crippen MR) is 178 cm³/mol. The van der Waals surface area contributed by atoms with Gasteiger partial charge in [-0.2, -0.15) is 0 Å². The molecule has 0 aliphatic carbocycles. The Morgan fingerprint density at radius 3 is 1.61 bits per heavy atom. The first-order valence-electron chi connectivity index (χ1n) is 14.9. The molecular formula is C40H29N3O. The molecule has 0 bridgehead atoms. The highest BCUT2D eigenvalue weighted by Crippen LogP contribution is 2.48. The Labute approximate surface area is 256 Å². The summed E-state index contributed by atoms with van der Waals surface area (Å²) in [6, 6.07) is 48.1. The number of nitrogens with zero attached hydrogens (tertiary/aromatic N) is 3. The maximum Gasteiger partial charge on any atom is 0.164 e. The summed E-state index contributed by atoms with van der Waals surface area (Å²) >= 11 is 0. The summed E-state index contributed by atoms with van der Waals surface area (Å²) in [5.74, 6) is 2.89. The second kappa shape index (κ2) is 10.3. The molecule has 8 rings (SSSR count). The number of aromatic nitrogens is 3. The topological polar surface area (TPSA) is 47.9 Å². The summed E-state index contributed by atoms with van der Waals surface area (Å²) in [7, 11) is 0. The summed E-state index contributed by atoms with van der Waals surface area (Å²) < 4.78 is 6.42. The minimum absolute atomic E-state index is 0.419. The van der Waals surface area contributed by atoms with Crippen LogP contribution >= 0.6 is 0 Å². The number of para-hydroxylation sites is 1. The predicted octanol–water partition coefficient (Wildman–Crippen LogP) is 9.99. The molecule has 0 N–H and O–H groups in total. The fourth-order valence-corrected chi connectivity index (χ4v) is 6.13. The number of ether oxygens (including phenoxy) is 1. The van der Waals surface area contributed by atoms with E-state index in [0.717, 1.165) is 39.1 Å². The monoisotopic (exact) mass is 567 g/mol. The minimum Gasteiger partial charge on any atom is -0.482 e. The highest BCUT2D eigenvalue weighted by molar-refractivity contribution is 6.02. The maximum absolute atomic E-state index is 6.42. The molecular weight excluding hydrogens is 538 g/mol. The standard InChI is InChI=1S/C40H29N3O/c1-40(2)34-24-23-27-19-22-31(25-33(27)36(34)32-15-9-10-16-35(32)44-40)26-17-20-30(21-18-26)39-42-37(28-11-5-3-6-12-28)41-38(43-39)29-13-7-4-8-14-29/h3-25H,1-2H3. The van der Waals surface area contributed by atoms with Gasteiger partial charge in [-0.15, -0.1) is 0 Å². The lowest BCUT2D eigenvalue weighted by atomic mass is 9.82. The molecule has 7 aromatic rings. The van der Waals surface area contributed by atoms with Gasteiger partial charge in [0, 0.05) is 33.4 Å². The molecule has 6 aromatic carbocycles. The summed E-state index contributed by atoms with van der Waals surface area (Å²) in [5.41, 5.74) is 8.32. The molecule has 0 radical (unpaired) electrons. The number of hydrogen-bond acceptors (Lipinski definition) is 4. The van der Waals surface area contributed by atoms with Crippen LogP contribution in [-0.2, 0) is 5.60 Å². The third-order valence-electron chi connectivity index (χ3n) is 8.37. The summed E-state index contributed by atoms with van der Waals surface area (Å²) in [4.78, 5) is 14.6. The zero-order valence-electron chi connectivity index (χ0n) is 24.5. The van der Waals surface area contributed by atoms with Gasteiger partial charge in [0.2, 0.25) is 0 Å². The van der Waals surface area contributed by atoms with E-state index < -0.39 is 5.60 Å². The minimum atomic E-state index is -0.419. The molecule has 0 atom stereocenters. The van der Waals surface area contributed by atoms with Crippen molar-refractivity contribution in [3.8, 4) is 62.2 Å². The zero-order valence-corrected chi connectivity index (χ0v) is 24.5. The molecule has 1 aliphatic heterocycles. The van der Waals surface area contributed by atoms with Crippen LogP contribution in [0.3, 0.4) is 0 Å². The van der Waals surface area contributed by atoms with Crippen molar-refractivity contribution in [2.75, 3.05) is 0 Å². The van der Waals surface area contributed by atoms with Crippen molar-refractivity contribution in [1.29, 1.82) is 0 Å². The summed E-state index contributed by atoms with van der Waals surface area (Å²) in [6.45, 7) is 4.29. The van der Waals surface area contributed by atoms with Gasteiger partial charge in [0.05, 0.1) is 0 Å². The van der Waals surface area contributed by atoms with E-state index in [9.17, 15) is 0 Å². The van der Waals surface area contributed by atoms with E-state index in [1.54, 1.807) is 0 Å². The first kappa shape index (κ1) is 26.1. The van der Waals surface area contributed by atoms with Crippen LogP contribution in [0.4, 0.5) is 0 Å². The van der Waals surface area contributed by atoms with Crippen molar-refractivity contribution < 1.29 is 4.74 Å². The molecule has 0 saturated heterocycles. The molecule has 0 amide bonds. The lowest BCUT2D eigenvalue weighted by molar-refractivity contribution is 0.106. The molecule has 4 heteroatoms. The summed E-state index contributed by atoms with van der Waals surface area (Å²) in [6.07, 6.45) is 0. The van der Waals surface area contributed by atoms with Crippen LogP contribution in [-0.4, -0.2) is 15.0 Å². The molecule has 44 heavy (non-hydrogen) atoms. The van der Waals surface area contributed by atoms with Gasteiger partial charge in [0.1, 0.15) is 11.4 Å². The molecule has 4 nitrogen and oxygen atoms in total. The Morgan fingerprint density at radius 1 is 0.477 bits per heavy atom. The Balaban J connectivity index is 1.22. The molecule has 0 saturated carbocycles. The third kappa shape index (κ3) is 4.52. The van der Waals surface area contributed by atoms with Crippen molar-refractivity contribution in [3.05, 3.63) is 145 Å². The largest absolute Gasteiger partial charge is 0.482 e. The molecule has 1 aromatic heterocycles. The second-order valence-corrected chi connectivity index (χ2v) is 11.6. The van der Waals surface area contributed by atoms with E-state index >= 15 is 0 Å². The molecule has 210 valence electrons. The van der Waals surface area contributed by atoms with Crippen molar-refractivity contribution >= 4 is 10.8 Å². The Kier molecular flexibility index (Phi) is 6.09. The zero-order chi connectivity index (χ0) is 29.7. The lowest BCUT2D eigenvalue weighted by Crippen LogP contribution is -2.29. The van der Waals surface area contributed by atoms with Crippen molar-refractivity contribution in [1.82, 2.24) is 15.0 Å². The van der Waals surface area contributed by atoms with Gasteiger partial charge in [0.25, 0.3) is 0 Å². The molecule has 0 fully saturated rings. The van der Waals surface area contributed by atoms with Crippen LogP contribution in [0, 0.1) is 0 Å². The van der Waals surface area contributed by atoms with Crippen LogP contribution in [0.25, 0.3) is 67.2 Å². The normalized spacial score (nSPS) is 13.1. The highest BCUT2D eigenvalue weighted by Gasteiger charge is 2.33. The Hall–Kier alpha value is -5.61. The SMILES string of the molecule is CC1(C)Oc2ccccc2-c2c1ccc1ccc(-c3ccc(-c4nc(-c5ccccc5)nc(-c5ccccc5)n4)cc3)cc21. The number of rotatable bonds is 4. The first-order valence-corrected chi connectivity index (χ1v) is 14.9. The van der Waals surface area contributed by atoms with E-state index in [-0.39, 0.29) is 0 Å². The van der Waals surface area contributed by atoms with Gasteiger partial charge in [0.15, 0.2) is 17.5 Å². The van der Waals surface area contributed by atoms with Gasteiger partial charge >= 0.3 is 0 Å². The quantitative estimate of drug-likeness (QED) is 0.212. The van der Waals surface area contributed by atoms with Crippen LogP contribution in [0.2, 0.25) is 0 Å². The molecule has 2 heterocycles. The second-order valence-electron chi connectivity index (χ2n) is 11.6. The fraction of sp³-hybridized carbons (Fsp3) is 0.0750. The average Bonchev–Trinajstić information content (AvgIpc) is 3.08. The number of benzene rings is 6. The van der Waals surface area contributed by atoms with Gasteiger partial charge in [-0.05, 0) is 47.9 Å². The van der Waals surface area contributed by atoms with E-state index in [2.05, 4.69) is 86.6 Å². The molecule has 0 spiro atoms. The van der Waals surface area contributed by atoms with Gasteiger partial charge < -0.3 is 4.74 Å². The Bertz CT molecular complexity index is 2100. The number of hydrogen-bond donors (Lipinski definition) is 0. The summed E-state index contributed by atoms with van der Waals surface area (Å²) in [5, 5.41) is 2.44. The van der Waals surface area contributed by atoms with Crippen molar-refractivity contribution in [2.45, 2.75) is 19.4 Å². The van der Waals surface area contributed by atoms with Gasteiger partial charge in [-0.25, -0.2) is 15.0 Å². The molecule has 0 unspecified atom stereocenters. The Morgan fingerprint density at radius 2 is 0.977 bits per heavy atom. The van der Waals surface area contributed by atoms with E-state index in [1.807, 2.05) is 66.7 Å². The van der Waals surface area contributed by atoms with Crippen molar-refractivity contribution in [2.24, 2.45) is 0 Å².